The molecule has 0 radical (unpaired) electrons. The van der Waals surface area contributed by atoms with Gasteiger partial charge in [-0.15, -0.1) is 0 Å². The third-order valence-corrected chi connectivity index (χ3v) is 3.52. The van der Waals surface area contributed by atoms with Gasteiger partial charge in [0.05, 0.1) is 5.56 Å². The van der Waals surface area contributed by atoms with Gasteiger partial charge in [0, 0.05) is 4.47 Å². The number of rotatable bonds is 2. The average molecular weight is 284 g/mol. The van der Waals surface area contributed by atoms with Crippen LogP contribution in [0.15, 0.2) is 22.7 Å². The minimum atomic E-state index is -0.838. The quantitative estimate of drug-likeness (QED) is 0.877. The van der Waals surface area contributed by atoms with E-state index in [4.69, 9.17) is 0 Å². The molecule has 2 rings (SSSR count). The molecule has 0 saturated carbocycles. The van der Waals surface area contributed by atoms with Crippen molar-refractivity contribution in [3.63, 3.8) is 0 Å². The lowest BCUT2D eigenvalue weighted by Gasteiger charge is -2.24. The lowest BCUT2D eigenvalue weighted by Crippen LogP contribution is -2.27. The summed E-state index contributed by atoms with van der Waals surface area (Å²) in [5, 5.41) is 12.5. The van der Waals surface area contributed by atoms with Crippen molar-refractivity contribution in [1.82, 2.24) is 5.32 Å². The summed E-state index contributed by atoms with van der Waals surface area (Å²) >= 11 is 3.31. The van der Waals surface area contributed by atoms with E-state index in [1.165, 1.54) is 0 Å². The van der Waals surface area contributed by atoms with Crippen molar-refractivity contribution in [3.8, 4) is 0 Å². The number of carbonyl (C=O) groups is 1. The maximum absolute atomic E-state index is 11.2. The fourth-order valence-electron chi connectivity index (χ4n) is 2.20. The Labute approximate surface area is 103 Å². The molecule has 1 aromatic carbocycles. The topological polar surface area (TPSA) is 49.3 Å². The smallest absolute Gasteiger partial charge is 0.336 e. The van der Waals surface area contributed by atoms with Crippen LogP contribution in [0.25, 0.3) is 0 Å². The first-order valence-corrected chi connectivity index (χ1v) is 6.21. The third-order valence-electron chi connectivity index (χ3n) is 3.02. The molecule has 2 N–H and O–H groups in total. The van der Waals surface area contributed by atoms with E-state index in [9.17, 15) is 9.90 Å². The average Bonchev–Trinajstić information content (AvgIpc) is 2.30. The lowest BCUT2D eigenvalue weighted by atomic mass is 9.87. The first-order valence-electron chi connectivity index (χ1n) is 5.42. The number of carboxylic acids is 1. The standard InChI is InChI=1S/C12H14BrNO2/c13-9-1-2-10(11(7-9)12(15)16)8-3-5-14-6-4-8/h1-2,7-8,14H,3-6H2,(H,15,16). The molecule has 1 aromatic rings. The minimum absolute atomic E-state index is 0.375. The minimum Gasteiger partial charge on any atom is -0.478 e. The van der Waals surface area contributed by atoms with Crippen LogP contribution < -0.4 is 5.32 Å². The monoisotopic (exact) mass is 283 g/mol. The number of halogens is 1. The molecule has 0 bridgehead atoms. The van der Waals surface area contributed by atoms with Gasteiger partial charge in [-0.1, -0.05) is 22.0 Å². The zero-order valence-electron chi connectivity index (χ0n) is 8.87. The number of nitrogens with one attached hydrogen (secondary N) is 1. The molecule has 3 nitrogen and oxygen atoms in total. The molecule has 1 saturated heterocycles. The van der Waals surface area contributed by atoms with Crippen molar-refractivity contribution < 1.29 is 9.90 Å². The Morgan fingerprint density at radius 2 is 2.06 bits per heavy atom. The fraction of sp³-hybridized carbons (Fsp3) is 0.417. The Bertz CT molecular complexity index is 400. The van der Waals surface area contributed by atoms with Crippen LogP contribution in [0.3, 0.4) is 0 Å². The predicted molar refractivity (Wildman–Crippen MR) is 65.9 cm³/mol. The van der Waals surface area contributed by atoms with E-state index in [2.05, 4.69) is 21.2 Å². The van der Waals surface area contributed by atoms with E-state index in [-0.39, 0.29) is 0 Å². The van der Waals surface area contributed by atoms with Crippen molar-refractivity contribution in [2.45, 2.75) is 18.8 Å². The van der Waals surface area contributed by atoms with E-state index < -0.39 is 5.97 Å². The van der Waals surface area contributed by atoms with Crippen LogP contribution in [-0.2, 0) is 0 Å². The highest BCUT2D eigenvalue weighted by Crippen LogP contribution is 2.29. The lowest BCUT2D eigenvalue weighted by molar-refractivity contribution is 0.0694. The molecular weight excluding hydrogens is 270 g/mol. The van der Waals surface area contributed by atoms with Crippen molar-refractivity contribution in [3.05, 3.63) is 33.8 Å². The van der Waals surface area contributed by atoms with Crippen LogP contribution in [0.1, 0.15) is 34.7 Å². The molecule has 1 heterocycles. The Morgan fingerprint density at radius 1 is 1.38 bits per heavy atom. The van der Waals surface area contributed by atoms with Crippen LogP contribution in [-0.4, -0.2) is 24.2 Å². The van der Waals surface area contributed by atoms with Gasteiger partial charge in [0.25, 0.3) is 0 Å². The number of aromatic carboxylic acids is 1. The van der Waals surface area contributed by atoms with Crippen LogP contribution in [0.4, 0.5) is 0 Å². The van der Waals surface area contributed by atoms with Gasteiger partial charge in [-0.25, -0.2) is 4.79 Å². The summed E-state index contributed by atoms with van der Waals surface area (Å²) in [4.78, 5) is 11.2. The van der Waals surface area contributed by atoms with Crippen LogP contribution in [0.2, 0.25) is 0 Å². The summed E-state index contributed by atoms with van der Waals surface area (Å²) < 4.78 is 0.822. The van der Waals surface area contributed by atoms with Crippen molar-refractivity contribution in [2.24, 2.45) is 0 Å². The molecule has 1 fully saturated rings. The number of benzene rings is 1. The second-order valence-corrected chi connectivity index (χ2v) is 4.98. The summed E-state index contributed by atoms with van der Waals surface area (Å²) in [5.74, 6) is -0.463. The van der Waals surface area contributed by atoms with Crippen LogP contribution >= 0.6 is 15.9 Å². The van der Waals surface area contributed by atoms with Gasteiger partial charge < -0.3 is 10.4 Å². The zero-order valence-corrected chi connectivity index (χ0v) is 10.5. The molecule has 0 aliphatic carbocycles. The molecule has 4 heteroatoms. The van der Waals surface area contributed by atoms with Crippen LogP contribution in [0, 0.1) is 0 Å². The van der Waals surface area contributed by atoms with Gasteiger partial charge in [-0.3, -0.25) is 0 Å². The summed E-state index contributed by atoms with van der Waals surface area (Å²) in [5.41, 5.74) is 1.40. The SMILES string of the molecule is O=C(O)c1cc(Br)ccc1C1CCNCC1. The molecular formula is C12H14BrNO2. The Hall–Kier alpha value is -0.870. The van der Waals surface area contributed by atoms with Gasteiger partial charge in [0.15, 0.2) is 0 Å². The van der Waals surface area contributed by atoms with Gasteiger partial charge in [-0.05, 0) is 49.5 Å². The van der Waals surface area contributed by atoms with E-state index in [0.717, 1.165) is 36.0 Å². The van der Waals surface area contributed by atoms with E-state index in [1.807, 2.05) is 12.1 Å². The zero-order chi connectivity index (χ0) is 11.5. The summed E-state index contributed by atoms with van der Waals surface area (Å²) in [6, 6.07) is 5.55. The molecule has 86 valence electrons. The molecule has 0 atom stereocenters. The summed E-state index contributed by atoms with van der Waals surface area (Å²) in [6.07, 6.45) is 2.03. The molecule has 1 aliphatic rings. The number of carboxylic acid groups (broad SMARTS) is 1. The fourth-order valence-corrected chi connectivity index (χ4v) is 2.56. The Kier molecular flexibility index (Phi) is 3.61. The third kappa shape index (κ3) is 2.44. The number of hydrogen-bond acceptors (Lipinski definition) is 2. The van der Waals surface area contributed by atoms with Crippen molar-refractivity contribution >= 4 is 21.9 Å². The second-order valence-electron chi connectivity index (χ2n) is 4.06. The first-order chi connectivity index (χ1) is 7.68. The van der Waals surface area contributed by atoms with Crippen molar-refractivity contribution in [2.75, 3.05) is 13.1 Å². The van der Waals surface area contributed by atoms with Gasteiger partial charge >= 0.3 is 5.97 Å². The normalized spacial score (nSPS) is 17.3. The summed E-state index contributed by atoms with van der Waals surface area (Å²) in [6.45, 7) is 1.94. The second kappa shape index (κ2) is 4.97. The highest BCUT2D eigenvalue weighted by molar-refractivity contribution is 9.10. The summed E-state index contributed by atoms with van der Waals surface area (Å²) in [7, 11) is 0. The molecule has 0 amide bonds. The van der Waals surface area contributed by atoms with Crippen LogP contribution in [0.5, 0.6) is 0 Å². The largest absolute Gasteiger partial charge is 0.478 e. The molecule has 0 unspecified atom stereocenters. The van der Waals surface area contributed by atoms with E-state index in [1.54, 1.807) is 6.07 Å². The molecule has 0 spiro atoms. The molecule has 0 aromatic heterocycles. The maximum Gasteiger partial charge on any atom is 0.336 e. The van der Waals surface area contributed by atoms with Crippen molar-refractivity contribution in [1.29, 1.82) is 0 Å². The Morgan fingerprint density at radius 3 is 2.69 bits per heavy atom. The Balaban J connectivity index is 2.34. The molecule has 1 aliphatic heterocycles. The predicted octanol–water partition coefficient (Wildman–Crippen LogP) is 2.61. The number of hydrogen-bond donors (Lipinski definition) is 2. The molecule has 16 heavy (non-hydrogen) atoms. The highest BCUT2D eigenvalue weighted by atomic mass is 79.9. The maximum atomic E-state index is 11.2. The van der Waals surface area contributed by atoms with E-state index in [0.29, 0.717) is 11.5 Å². The van der Waals surface area contributed by atoms with Gasteiger partial charge in [0.1, 0.15) is 0 Å². The number of piperidine rings is 1. The highest BCUT2D eigenvalue weighted by Gasteiger charge is 2.20. The van der Waals surface area contributed by atoms with Gasteiger partial charge in [-0.2, -0.15) is 0 Å². The van der Waals surface area contributed by atoms with Gasteiger partial charge in [0.2, 0.25) is 0 Å². The first kappa shape index (κ1) is 11.6. The van der Waals surface area contributed by atoms with E-state index >= 15 is 0 Å².